The van der Waals surface area contributed by atoms with Crippen molar-refractivity contribution in [3.05, 3.63) is 48.0 Å². The Kier molecular flexibility index (Phi) is 8.83. The van der Waals surface area contributed by atoms with E-state index < -0.39 is 26.7 Å². The van der Waals surface area contributed by atoms with Crippen LogP contribution >= 0.6 is 0 Å². The highest BCUT2D eigenvalue weighted by atomic mass is 28.4. The molecular formula is C23H28O8Si. The molecule has 172 valence electrons. The van der Waals surface area contributed by atoms with Gasteiger partial charge in [0.1, 0.15) is 11.5 Å². The summed E-state index contributed by atoms with van der Waals surface area (Å²) in [5, 5.41) is 10.00. The summed E-state index contributed by atoms with van der Waals surface area (Å²) in [5.41, 5.74) is 2.68. The lowest BCUT2D eigenvalue weighted by Crippen LogP contribution is -2.49. The number of hydrogen-bond donors (Lipinski definition) is 1. The molecule has 0 bridgehead atoms. The minimum Gasteiger partial charge on any atom is -0.508 e. The number of rotatable bonds is 10. The number of hydrogen-bond acceptors (Lipinski definition) is 8. The van der Waals surface area contributed by atoms with Crippen molar-refractivity contribution >= 4 is 26.7 Å². The van der Waals surface area contributed by atoms with Gasteiger partial charge in [0, 0.05) is 20.8 Å². The predicted octanol–water partition coefficient (Wildman–Crippen LogP) is 4.02. The highest BCUT2D eigenvalue weighted by molar-refractivity contribution is 6.65. The molecule has 9 heteroatoms. The molecule has 0 spiro atoms. The van der Waals surface area contributed by atoms with Gasteiger partial charge in [0.2, 0.25) is 0 Å². The molecule has 0 fully saturated rings. The largest absolute Gasteiger partial charge is 0.705 e. The quantitative estimate of drug-likeness (QED) is 0.530. The van der Waals surface area contributed by atoms with Crippen molar-refractivity contribution in [1.29, 1.82) is 0 Å². The van der Waals surface area contributed by atoms with Gasteiger partial charge in [-0.3, -0.25) is 14.4 Å². The zero-order valence-electron chi connectivity index (χ0n) is 18.7. The van der Waals surface area contributed by atoms with E-state index in [-0.39, 0.29) is 11.8 Å². The van der Waals surface area contributed by atoms with Crippen molar-refractivity contribution < 1.29 is 37.5 Å². The molecule has 0 unspecified atom stereocenters. The smallest absolute Gasteiger partial charge is 0.508 e. The fourth-order valence-corrected chi connectivity index (χ4v) is 5.69. The molecule has 0 aliphatic carbocycles. The minimum atomic E-state index is -3.89. The topological polar surface area (TPSA) is 108 Å². The zero-order valence-corrected chi connectivity index (χ0v) is 19.7. The van der Waals surface area contributed by atoms with E-state index in [1.807, 2.05) is 37.3 Å². The molecule has 32 heavy (non-hydrogen) atoms. The number of phenols is 1. The molecule has 2 aromatic carbocycles. The van der Waals surface area contributed by atoms with Crippen LogP contribution in [0.4, 0.5) is 0 Å². The van der Waals surface area contributed by atoms with Crippen molar-refractivity contribution in [3.8, 4) is 22.6 Å². The van der Waals surface area contributed by atoms with Crippen LogP contribution in [-0.2, 0) is 34.1 Å². The summed E-state index contributed by atoms with van der Waals surface area (Å²) < 4.78 is 21.2. The number of aromatic hydroxyl groups is 1. The second-order valence-corrected chi connectivity index (χ2v) is 9.59. The Hall–Kier alpha value is -3.33. The monoisotopic (exact) mass is 460 g/mol. The second-order valence-electron chi connectivity index (χ2n) is 7.12. The van der Waals surface area contributed by atoms with Gasteiger partial charge >= 0.3 is 8.80 Å². The normalized spacial score (nSPS) is 10.9. The van der Waals surface area contributed by atoms with Gasteiger partial charge in [0.25, 0.3) is 17.9 Å². The van der Waals surface area contributed by atoms with Crippen LogP contribution in [0.2, 0.25) is 6.04 Å². The highest BCUT2D eigenvalue weighted by Gasteiger charge is 2.51. The maximum atomic E-state index is 11.6. The Labute approximate surface area is 188 Å². The molecule has 8 nitrogen and oxygen atoms in total. The first-order valence-electron chi connectivity index (χ1n) is 10.3. The van der Waals surface area contributed by atoms with Crippen LogP contribution in [0.5, 0.6) is 11.5 Å². The van der Waals surface area contributed by atoms with Gasteiger partial charge in [-0.1, -0.05) is 18.2 Å². The van der Waals surface area contributed by atoms with E-state index in [1.54, 1.807) is 12.1 Å². The zero-order chi connectivity index (χ0) is 23.7. The molecule has 0 saturated heterocycles. The van der Waals surface area contributed by atoms with Crippen molar-refractivity contribution in [2.24, 2.45) is 0 Å². The average Bonchev–Trinajstić information content (AvgIpc) is 2.67. The number of benzene rings is 2. The van der Waals surface area contributed by atoms with Crippen LogP contribution < -0.4 is 4.74 Å². The molecule has 2 aromatic rings. The van der Waals surface area contributed by atoms with Crippen LogP contribution in [0.3, 0.4) is 0 Å². The Balaban J connectivity index is 2.25. The fourth-order valence-electron chi connectivity index (χ4n) is 3.33. The summed E-state index contributed by atoms with van der Waals surface area (Å²) >= 11 is 0. The van der Waals surface area contributed by atoms with E-state index in [0.29, 0.717) is 19.4 Å². The summed E-state index contributed by atoms with van der Waals surface area (Å²) in [7, 11) is -3.89. The van der Waals surface area contributed by atoms with Gasteiger partial charge in [-0.25, -0.2) is 0 Å². The van der Waals surface area contributed by atoms with Crippen molar-refractivity contribution in [1.82, 2.24) is 0 Å². The Morgan fingerprint density at radius 2 is 1.44 bits per heavy atom. The van der Waals surface area contributed by atoms with Gasteiger partial charge in [0.05, 0.1) is 12.7 Å². The highest BCUT2D eigenvalue weighted by Crippen LogP contribution is 2.31. The van der Waals surface area contributed by atoms with Crippen molar-refractivity contribution in [2.75, 3.05) is 6.61 Å². The van der Waals surface area contributed by atoms with Crippen LogP contribution in [0.15, 0.2) is 42.5 Å². The number of phenolic OH excluding ortho intramolecular Hbond substituents is 1. The Morgan fingerprint density at radius 1 is 0.875 bits per heavy atom. The number of ether oxygens (including phenoxy) is 1. The van der Waals surface area contributed by atoms with Crippen LogP contribution in [0.1, 0.15) is 39.7 Å². The number of carbonyl (C=O) groups excluding carboxylic acids is 3. The third-order valence-corrected chi connectivity index (χ3v) is 7.15. The van der Waals surface area contributed by atoms with E-state index in [2.05, 4.69) is 0 Å². The van der Waals surface area contributed by atoms with Gasteiger partial charge in [0.15, 0.2) is 0 Å². The summed E-state index contributed by atoms with van der Waals surface area (Å²) in [4.78, 5) is 34.8. The molecule has 0 aliphatic heterocycles. The number of aryl methyl sites for hydroxylation is 1. The first-order chi connectivity index (χ1) is 15.1. The third-order valence-electron chi connectivity index (χ3n) is 4.39. The molecule has 0 radical (unpaired) electrons. The SMILES string of the molecule is CCOc1ccc(-c2ccc(O)cc2CCC[Si](OC(C)=O)(OC(C)=O)OC(C)=O)cc1. The third kappa shape index (κ3) is 7.42. The van der Waals surface area contributed by atoms with E-state index in [9.17, 15) is 19.5 Å². The van der Waals surface area contributed by atoms with Crippen LogP contribution in [0, 0.1) is 0 Å². The minimum absolute atomic E-state index is 0.0596. The van der Waals surface area contributed by atoms with E-state index in [4.69, 9.17) is 18.0 Å². The Bertz CT molecular complexity index is 914. The first-order valence-corrected chi connectivity index (χ1v) is 12.2. The second kappa shape index (κ2) is 11.3. The van der Waals surface area contributed by atoms with Crippen molar-refractivity contribution in [3.63, 3.8) is 0 Å². The summed E-state index contributed by atoms with van der Waals surface area (Å²) in [5.74, 6) is -1.24. The van der Waals surface area contributed by atoms with E-state index in [1.165, 1.54) is 0 Å². The van der Waals surface area contributed by atoms with Gasteiger partial charge < -0.3 is 23.1 Å². The molecule has 0 amide bonds. The maximum absolute atomic E-state index is 11.6. The van der Waals surface area contributed by atoms with Crippen LogP contribution in [-0.4, -0.2) is 38.4 Å². The molecule has 1 N–H and O–H groups in total. The molecule has 0 aliphatic rings. The summed E-state index contributed by atoms with van der Waals surface area (Å²) in [6, 6.07) is 12.7. The van der Waals surface area contributed by atoms with Crippen molar-refractivity contribution in [2.45, 2.75) is 46.6 Å². The summed E-state index contributed by atoms with van der Waals surface area (Å²) in [6.45, 7) is 5.97. The average molecular weight is 461 g/mol. The molecule has 0 heterocycles. The van der Waals surface area contributed by atoms with Gasteiger partial charge in [-0.15, -0.1) is 0 Å². The first kappa shape index (κ1) is 24.9. The number of carbonyl (C=O) groups is 3. The molecule has 0 aromatic heterocycles. The lowest BCUT2D eigenvalue weighted by atomic mass is 9.96. The summed E-state index contributed by atoms with van der Waals surface area (Å²) in [6.07, 6.45) is 0.836. The van der Waals surface area contributed by atoms with Crippen LogP contribution in [0.25, 0.3) is 11.1 Å². The van der Waals surface area contributed by atoms with E-state index in [0.717, 1.165) is 43.2 Å². The van der Waals surface area contributed by atoms with Gasteiger partial charge in [-0.2, -0.15) is 0 Å². The predicted molar refractivity (Wildman–Crippen MR) is 119 cm³/mol. The van der Waals surface area contributed by atoms with Gasteiger partial charge in [-0.05, 0) is 60.7 Å². The maximum Gasteiger partial charge on any atom is 0.705 e. The molecule has 0 saturated carbocycles. The fraction of sp³-hybridized carbons (Fsp3) is 0.348. The lowest BCUT2D eigenvalue weighted by Gasteiger charge is -2.26. The molecular weight excluding hydrogens is 432 g/mol. The standard InChI is InChI=1S/C23H28O8Si/c1-5-28-22-11-8-19(9-12-22)23-13-10-21(27)15-20(23)7-6-14-32(29-16(2)24,30-17(3)25)31-18(4)26/h8-13,15,27H,5-7,14H2,1-4H3. The lowest BCUT2D eigenvalue weighted by molar-refractivity contribution is -0.147. The van der Waals surface area contributed by atoms with E-state index >= 15 is 0 Å². The molecule has 0 atom stereocenters. The molecule has 2 rings (SSSR count). The Morgan fingerprint density at radius 3 is 1.94 bits per heavy atom.